The lowest BCUT2D eigenvalue weighted by Crippen LogP contribution is -2.39. The van der Waals surface area contributed by atoms with Gasteiger partial charge in [0.25, 0.3) is 5.91 Å². The van der Waals surface area contributed by atoms with E-state index in [2.05, 4.69) is 14.9 Å². The molecular weight excluding hydrogens is 334 g/mol. The molecular formula is C18H21N5O3. The summed E-state index contributed by atoms with van der Waals surface area (Å²) in [6.07, 6.45) is 4.25. The summed E-state index contributed by atoms with van der Waals surface area (Å²) in [7, 11) is 1.52. The number of aromatic nitrogens is 3. The third-order valence-corrected chi connectivity index (χ3v) is 4.71. The Morgan fingerprint density at radius 3 is 2.88 bits per heavy atom. The fraction of sp³-hybridized carbons (Fsp3) is 0.444. The molecule has 4 heterocycles. The number of rotatable bonds is 3. The molecule has 136 valence electrons. The predicted octanol–water partition coefficient (Wildman–Crippen LogP) is 0.915. The molecule has 0 bridgehead atoms. The van der Waals surface area contributed by atoms with Gasteiger partial charge in [-0.3, -0.25) is 4.79 Å². The molecule has 0 unspecified atom stereocenters. The molecule has 0 saturated carbocycles. The first-order valence-corrected chi connectivity index (χ1v) is 8.72. The zero-order valence-electron chi connectivity index (χ0n) is 14.7. The van der Waals surface area contributed by atoms with Crippen LogP contribution in [0.15, 0.2) is 24.5 Å². The molecule has 2 aliphatic heterocycles. The minimum absolute atomic E-state index is 0.0906. The second-order valence-corrected chi connectivity index (χ2v) is 6.28. The van der Waals surface area contributed by atoms with Gasteiger partial charge in [-0.15, -0.1) is 0 Å². The molecule has 4 rings (SSSR count). The number of anilines is 1. The van der Waals surface area contributed by atoms with Gasteiger partial charge in [0.05, 0.1) is 32.6 Å². The van der Waals surface area contributed by atoms with Crippen LogP contribution in [-0.2, 0) is 17.7 Å². The van der Waals surface area contributed by atoms with Crippen molar-refractivity contribution in [3.63, 3.8) is 0 Å². The molecule has 0 spiro atoms. The number of carbonyl (C=O) groups is 1. The third kappa shape index (κ3) is 3.20. The van der Waals surface area contributed by atoms with Crippen LogP contribution in [0.2, 0.25) is 0 Å². The van der Waals surface area contributed by atoms with E-state index >= 15 is 0 Å². The van der Waals surface area contributed by atoms with Gasteiger partial charge in [-0.1, -0.05) is 0 Å². The number of carbonyl (C=O) groups excluding carboxylic acids is 1. The van der Waals surface area contributed by atoms with Crippen LogP contribution in [0.1, 0.15) is 21.6 Å². The van der Waals surface area contributed by atoms with E-state index in [0.29, 0.717) is 43.7 Å². The molecule has 1 fully saturated rings. The van der Waals surface area contributed by atoms with Crippen LogP contribution in [-0.4, -0.2) is 65.7 Å². The Bertz CT molecular complexity index is 807. The molecule has 0 aliphatic carbocycles. The van der Waals surface area contributed by atoms with Crippen molar-refractivity contribution in [1.29, 1.82) is 0 Å². The van der Waals surface area contributed by atoms with Gasteiger partial charge in [0.1, 0.15) is 5.56 Å². The van der Waals surface area contributed by atoms with Crippen molar-refractivity contribution in [1.82, 2.24) is 19.9 Å². The lowest BCUT2D eigenvalue weighted by atomic mass is 10.1. The van der Waals surface area contributed by atoms with Crippen molar-refractivity contribution in [3.8, 4) is 5.88 Å². The van der Waals surface area contributed by atoms with Gasteiger partial charge in [-0.2, -0.15) is 0 Å². The largest absolute Gasteiger partial charge is 0.480 e. The monoisotopic (exact) mass is 355 g/mol. The summed E-state index contributed by atoms with van der Waals surface area (Å²) in [4.78, 5) is 30.2. The van der Waals surface area contributed by atoms with E-state index < -0.39 is 0 Å². The van der Waals surface area contributed by atoms with Gasteiger partial charge < -0.3 is 19.3 Å². The molecule has 0 radical (unpaired) electrons. The Labute approximate surface area is 151 Å². The minimum atomic E-state index is -0.0906. The molecule has 0 atom stereocenters. The van der Waals surface area contributed by atoms with Crippen LogP contribution in [0.5, 0.6) is 5.88 Å². The Balaban J connectivity index is 1.55. The number of methoxy groups -OCH3 is 1. The van der Waals surface area contributed by atoms with Gasteiger partial charge in [-0.05, 0) is 24.1 Å². The lowest BCUT2D eigenvalue weighted by molar-refractivity contribution is 0.0727. The van der Waals surface area contributed by atoms with Crippen molar-refractivity contribution in [2.45, 2.75) is 13.0 Å². The first-order valence-electron chi connectivity index (χ1n) is 8.72. The average molecular weight is 355 g/mol. The Kier molecular flexibility index (Phi) is 4.66. The summed E-state index contributed by atoms with van der Waals surface area (Å²) in [6, 6.07) is 3.48. The smallest absolute Gasteiger partial charge is 0.259 e. The van der Waals surface area contributed by atoms with Crippen LogP contribution in [0.3, 0.4) is 0 Å². The maximum absolute atomic E-state index is 12.9. The Morgan fingerprint density at radius 2 is 2.08 bits per heavy atom. The van der Waals surface area contributed by atoms with Gasteiger partial charge >= 0.3 is 0 Å². The standard InChI is InChI=1S/C18H21N5O3/c1-25-16-14(3-2-5-19-16)17(24)23-6-4-13-11-20-18(21-15(13)12-23)22-7-9-26-10-8-22/h2-3,5,11H,4,6-10,12H2,1H3. The van der Waals surface area contributed by atoms with Gasteiger partial charge in [0.15, 0.2) is 0 Å². The topological polar surface area (TPSA) is 80.7 Å². The highest BCUT2D eigenvalue weighted by Gasteiger charge is 2.26. The molecule has 26 heavy (non-hydrogen) atoms. The molecule has 2 aliphatic rings. The maximum Gasteiger partial charge on any atom is 0.259 e. The summed E-state index contributed by atoms with van der Waals surface area (Å²) >= 11 is 0. The summed E-state index contributed by atoms with van der Waals surface area (Å²) in [5.74, 6) is 0.965. The second-order valence-electron chi connectivity index (χ2n) is 6.28. The molecule has 0 N–H and O–H groups in total. The summed E-state index contributed by atoms with van der Waals surface area (Å²) < 4.78 is 10.6. The van der Waals surface area contributed by atoms with Crippen LogP contribution >= 0.6 is 0 Å². The van der Waals surface area contributed by atoms with Crippen molar-refractivity contribution < 1.29 is 14.3 Å². The predicted molar refractivity (Wildman–Crippen MR) is 94.3 cm³/mol. The number of amides is 1. The zero-order valence-corrected chi connectivity index (χ0v) is 14.7. The van der Waals surface area contributed by atoms with Crippen molar-refractivity contribution >= 4 is 11.9 Å². The van der Waals surface area contributed by atoms with Gasteiger partial charge in [0, 0.05) is 32.0 Å². The summed E-state index contributed by atoms with van der Waals surface area (Å²) in [5.41, 5.74) is 2.48. The first kappa shape index (κ1) is 16.7. The van der Waals surface area contributed by atoms with E-state index in [1.54, 1.807) is 23.2 Å². The summed E-state index contributed by atoms with van der Waals surface area (Å²) in [5, 5.41) is 0. The SMILES string of the molecule is COc1ncccc1C(=O)N1CCc2cnc(N3CCOCC3)nc2C1. The van der Waals surface area contributed by atoms with E-state index in [-0.39, 0.29) is 5.91 Å². The number of hydrogen-bond donors (Lipinski definition) is 0. The van der Waals surface area contributed by atoms with Gasteiger partial charge in [-0.25, -0.2) is 15.0 Å². The summed E-state index contributed by atoms with van der Waals surface area (Å²) in [6.45, 7) is 4.04. The quantitative estimate of drug-likeness (QED) is 0.810. The molecule has 8 nitrogen and oxygen atoms in total. The molecule has 1 amide bonds. The Hall–Kier alpha value is -2.74. The van der Waals surface area contributed by atoms with Crippen molar-refractivity contribution in [2.75, 3.05) is 44.9 Å². The first-order chi connectivity index (χ1) is 12.8. The number of fused-ring (bicyclic) bond motifs is 1. The van der Waals surface area contributed by atoms with Gasteiger partial charge in [0.2, 0.25) is 11.8 Å². The highest BCUT2D eigenvalue weighted by molar-refractivity contribution is 5.96. The zero-order chi connectivity index (χ0) is 17.9. The minimum Gasteiger partial charge on any atom is -0.480 e. The number of ether oxygens (including phenoxy) is 2. The van der Waals surface area contributed by atoms with E-state index in [1.165, 1.54) is 7.11 Å². The van der Waals surface area contributed by atoms with Crippen LogP contribution < -0.4 is 9.64 Å². The van der Waals surface area contributed by atoms with Crippen LogP contribution in [0.25, 0.3) is 0 Å². The normalized spacial score (nSPS) is 17.0. The van der Waals surface area contributed by atoms with Crippen molar-refractivity contribution in [3.05, 3.63) is 41.3 Å². The maximum atomic E-state index is 12.9. The van der Waals surface area contributed by atoms with Crippen molar-refractivity contribution in [2.24, 2.45) is 0 Å². The molecule has 8 heteroatoms. The number of morpholine rings is 1. The number of hydrogen-bond acceptors (Lipinski definition) is 7. The third-order valence-electron chi connectivity index (χ3n) is 4.71. The molecule has 2 aromatic rings. The fourth-order valence-electron chi connectivity index (χ4n) is 3.27. The van der Waals surface area contributed by atoms with E-state index in [1.807, 2.05) is 6.20 Å². The van der Waals surface area contributed by atoms with E-state index in [9.17, 15) is 4.79 Å². The van der Waals surface area contributed by atoms with Crippen LogP contribution in [0, 0.1) is 0 Å². The highest BCUT2D eigenvalue weighted by atomic mass is 16.5. The molecule has 2 aromatic heterocycles. The number of pyridine rings is 1. The average Bonchev–Trinajstić information content (AvgIpc) is 2.73. The Morgan fingerprint density at radius 1 is 1.23 bits per heavy atom. The van der Waals surface area contributed by atoms with E-state index in [0.717, 1.165) is 30.8 Å². The molecule has 0 aromatic carbocycles. The lowest BCUT2D eigenvalue weighted by Gasteiger charge is -2.31. The molecule has 1 saturated heterocycles. The fourth-order valence-corrected chi connectivity index (χ4v) is 3.27. The highest BCUT2D eigenvalue weighted by Crippen LogP contribution is 2.23. The second kappa shape index (κ2) is 7.25. The number of nitrogens with zero attached hydrogens (tertiary/aromatic N) is 5. The van der Waals surface area contributed by atoms with Crippen LogP contribution in [0.4, 0.5) is 5.95 Å². The van der Waals surface area contributed by atoms with E-state index in [4.69, 9.17) is 14.5 Å².